The van der Waals surface area contributed by atoms with Gasteiger partial charge in [0.05, 0.1) is 5.69 Å². The van der Waals surface area contributed by atoms with E-state index in [1.807, 2.05) is 18.2 Å². The van der Waals surface area contributed by atoms with Gasteiger partial charge in [0.25, 0.3) is 0 Å². The van der Waals surface area contributed by atoms with Gasteiger partial charge in [-0.15, -0.1) is 0 Å². The summed E-state index contributed by atoms with van der Waals surface area (Å²) in [4.78, 5) is 30.7. The maximum absolute atomic E-state index is 13.5. The average molecular weight is 384 g/mol. The zero-order chi connectivity index (χ0) is 19.9. The summed E-state index contributed by atoms with van der Waals surface area (Å²) in [5, 5.41) is 5.11. The van der Waals surface area contributed by atoms with Crippen molar-refractivity contribution in [3.05, 3.63) is 59.7 Å². The van der Waals surface area contributed by atoms with Crippen molar-refractivity contribution >= 4 is 17.5 Å². The summed E-state index contributed by atoms with van der Waals surface area (Å²) in [6.45, 7) is 4.80. The number of benzene rings is 1. The van der Waals surface area contributed by atoms with E-state index in [9.17, 15) is 14.0 Å². The van der Waals surface area contributed by atoms with Gasteiger partial charge in [0.1, 0.15) is 5.82 Å². The summed E-state index contributed by atoms with van der Waals surface area (Å²) in [7, 11) is 0. The number of halogens is 1. The molecule has 1 fully saturated rings. The highest BCUT2D eigenvalue weighted by atomic mass is 19.1. The first-order valence-corrected chi connectivity index (χ1v) is 9.49. The molecule has 148 valence electrons. The third-order valence-electron chi connectivity index (χ3n) is 5.01. The molecule has 0 aliphatic carbocycles. The summed E-state index contributed by atoms with van der Waals surface area (Å²) in [6, 6.07) is 10.2. The molecule has 1 aromatic carbocycles. The van der Waals surface area contributed by atoms with Gasteiger partial charge in [0, 0.05) is 25.0 Å². The molecule has 1 saturated heterocycles. The standard InChI is InChI=1S/C21H25FN4O2/c1-15-5-6-17(12-19(15)22)25-21(28)20(27)24-13-16-7-10-26(11-8-16)14-18-4-2-3-9-23-18/h2-6,9,12,16H,7-8,10-11,13-14H2,1H3,(H,24,27)(H,25,28). The molecule has 0 atom stereocenters. The molecule has 2 N–H and O–H groups in total. The second-order valence-corrected chi connectivity index (χ2v) is 7.17. The highest BCUT2D eigenvalue weighted by Crippen LogP contribution is 2.18. The minimum absolute atomic E-state index is 0.270. The van der Waals surface area contributed by atoms with Gasteiger partial charge >= 0.3 is 11.8 Å². The van der Waals surface area contributed by atoms with Crippen molar-refractivity contribution < 1.29 is 14.0 Å². The number of likely N-dealkylation sites (tertiary alicyclic amines) is 1. The number of nitrogens with zero attached hydrogens (tertiary/aromatic N) is 2. The number of piperidine rings is 1. The number of carbonyl (C=O) groups excluding carboxylic acids is 2. The van der Waals surface area contributed by atoms with Gasteiger partial charge in [-0.2, -0.15) is 0 Å². The number of rotatable bonds is 5. The fourth-order valence-electron chi connectivity index (χ4n) is 3.25. The number of hydrogen-bond donors (Lipinski definition) is 2. The van der Waals surface area contributed by atoms with Crippen LogP contribution in [-0.4, -0.2) is 41.3 Å². The van der Waals surface area contributed by atoms with Gasteiger partial charge in [-0.1, -0.05) is 12.1 Å². The molecular formula is C21H25FN4O2. The molecule has 0 unspecified atom stereocenters. The van der Waals surface area contributed by atoms with E-state index >= 15 is 0 Å². The summed E-state index contributed by atoms with van der Waals surface area (Å²) in [6.07, 6.45) is 3.71. The highest BCUT2D eigenvalue weighted by molar-refractivity contribution is 6.39. The van der Waals surface area contributed by atoms with Crippen molar-refractivity contribution in [3.8, 4) is 0 Å². The summed E-state index contributed by atoms with van der Waals surface area (Å²) < 4.78 is 13.5. The average Bonchev–Trinajstić information content (AvgIpc) is 2.71. The number of pyridine rings is 1. The highest BCUT2D eigenvalue weighted by Gasteiger charge is 2.21. The van der Waals surface area contributed by atoms with E-state index in [1.165, 1.54) is 6.07 Å². The van der Waals surface area contributed by atoms with Gasteiger partial charge in [-0.05, 0) is 68.6 Å². The van der Waals surface area contributed by atoms with Crippen molar-refractivity contribution in [2.45, 2.75) is 26.3 Å². The molecule has 1 aromatic heterocycles. The first-order valence-electron chi connectivity index (χ1n) is 9.49. The minimum atomic E-state index is -0.782. The lowest BCUT2D eigenvalue weighted by Gasteiger charge is -2.31. The first-order chi connectivity index (χ1) is 13.5. The summed E-state index contributed by atoms with van der Waals surface area (Å²) >= 11 is 0. The molecule has 1 aliphatic heterocycles. The van der Waals surface area contributed by atoms with E-state index in [1.54, 1.807) is 25.3 Å². The van der Waals surface area contributed by atoms with E-state index in [0.29, 0.717) is 18.0 Å². The number of aryl methyl sites for hydroxylation is 1. The molecular weight excluding hydrogens is 359 g/mol. The SMILES string of the molecule is Cc1ccc(NC(=O)C(=O)NCC2CCN(Cc3ccccn3)CC2)cc1F. The smallest absolute Gasteiger partial charge is 0.313 e. The van der Waals surface area contributed by atoms with Crippen LogP contribution in [0.4, 0.5) is 10.1 Å². The lowest BCUT2D eigenvalue weighted by atomic mass is 9.96. The number of hydrogen-bond acceptors (Lipinski definition) is 4. The Balaban J connectivity index is 1.39. The molecule has 0 saturated carbocycles. The van der Waals surface area contributed by atoms with Gasteiger partial charge in [-0.3, -0.25) is 19.5 Å². The summed E-state index contributed by atoms with van der Waals surface area (Å²) in [5.41, 5.74) is 1.81. The molecule has 7 heteroatoms. The predicted octanol–water partition coefficient (Wildman–Crippen LogP) is 2.50. The molecule has 0 bridgehead atoms. The quantitative estimate of drug-likeness (QED) is 0.777. The van der Waals surface area contributed by atoms with Crippen LogP contribution in [-0.2, 0) is 16.1 Å². The van der Waals surface area contributed by atoms with Crippen LogP contribution >= 0.6 is 0 Å². The Hall–Kier alpha value is -2.80. The fourth-order valence-corrected chi connectivity index (χ4v) is 3.25. The molecule has 2 aromatic rings. The predicted molar refractivity (Wildman–Crippen MR) is 105 cm³/mol. The van der Waals surface area contributed by atoms with Gasteiger partial charge in [-0.25, -0.2) is 4.39 Å². The van der Waals surface area contributed by atoms with Crippen LogP contribution in [0.5, 0.6) is 0 Å². The number of carbonyl (C=O) groups is 2. The summed E-state index contributed by atoms with van der Waals surface area (Å²) in [5.74, 6) is -1.56. The van der Waals surface area contributed by atoms with E-state index < -0.39 is 17.6 Å². The maximum atomic E-state index is 13.5. The topological polar surface area (TPSA) is 74.3 Å². The van der Waals surface area contributed by atoms with Crippen LogP contribution in [0.25, 0.3) is 0 Å². The van der Waals surface area contributed by atoms with Crippen LogP contribution in [0.1, 0.15) is 24.1 Å². The first kappa shape index (κ1) is 19.9. The number of nitrogens with one attached hydrogen (secondary N) is 2. The molecule has 28 heavy (non-hydrogen) atoms. The molecule has 6 nitrogen and oxygen atoms in total. The van der Waals surface area contributed by atoms with Crippen LogP contribution in [0.2, 0.25) is 0 Å². The van der Waals surface area contributed by atoms with Gasteiger partial charge in [0.2, 0.25) is 0 Å². The molecule has 1 aliphatic rings. The molecule has 0 radical (unpaired) electrons. The Morgan fingerprint density at radius 2 is 1.96 bits per heavy atom. The largest absolute Gasteiger partial charge is 0.348 e. The Bertz CT molecular complexity index is 820. The number of amides is 2. The Labute approximate surface area is 164 Å². The van der Waals surface area contributed by atoms with Crippen molar-refractivity contribution in [1.29, 1.82) is 0 Å². The number of aromatic nitrogens is 1. The van der Waals surface area contributed by atoms with E-state index in [0.717, 1.165) is 38.2 Å². The van der Waals surface area contributed by atoms with Crippen molar-refractivity contribution in [2.75, 3.05) is 25.0 Å². The maximum Gasteiger partial charge on any atom is 0.313 e. The molecule has 2 heterocycles. The molecule has 3 rings (SSSR count). The normalized spacial score (nSPS) is 15.2. The lowest BCUT2D eigenvalue weighted by molar-refractivity contribution is -0.136. The van der Waals surface area contributed by atoms with Gasteiger partial charge in [0.15, 0.2) is 0 Å². The van der Waals surface area contributed by atoms with Crippen molar-refractivity contribution in [1.82, 2.24) is 15.2 Å². The van der Waals surface area contributed by atoms with Crippen LogP contribution in [0.3, 0.4) is 0 Å². The zero-order valence-corrected chi connectivity index (χ0v) is 16.0. The second kappa shape index (κ2) is 9.41. The monoisotopic (exact) mass is 384 g/mol. The van der Waals surface area contributed by atoms with Crippen LogP contribution in [0.15, 0.2) is 42.6 Å². The second-order valence-electron chi connectivity index (χ2n) is 7.17. The van der Waals surface area contributed by atoms with E-state index in [4.69, 9.17) is 0 Å². The van der Waals surface area contributed by atoms with E-state index in [2.05, 4.69) is 20.5 Å². The van der Waals surface area contributed by atoms with Gasteiger partial charge < -0.3 is 10.6 Å². The Morgan fingerprint density at radius 1 is 1.18 bits per heavy atom. The third kappa shape index (κ3) is 5.60. The lowest BCUT2D eigenvalue weighted by Crippen LogP contribution is -2.41. The van der Waals surface area contributed by atoms with Crippen molar-refractivity contribution in [3.63, 3.8) is 0 Å². The number of anilines is 1. The minimum Gasteiger partial charge on any atom is -0.348 e. The van der Waals surface area contributed by atoms with E-state index in [-0.39, 0.29) is 5.69 Å². The zero-order valence-electron chi connectivity index (χ0n) is 16.0. The fraction of sp³-hybridized carbons (Fsp3) is 0.381. The molecule has 0 spiro atoms. The van der Waals surface area contributed by atoms with Crippen LogP contribution < -0.4 is 10.6 Å². The van der Waals surface area contributed by atoms with Crippen molar-refractivity contribution in [2.24, 2.45) is 5.92 Å². The molecule has 2 amide bonds. The third-order valence-corrected chi connectivity index (χ3v) is 5.01. The van der Waals surface area contributed by atoms with Crippen LogP contribution in [0, 0.1) is 18.7 Å². The Morgan fingerprint density at radius 3 is 2.64 bits per heavy atom. The Kier molecular flexibility index (Phi) is 6.71.